The van der Waals surface area contributed by atoms with Gasteiger partial charge in [-0.05, 0) is 38.1 Å². The first-order valence-corrected chi connectivity index (χ1v) is 8.32. The highest BCUT2D eigenvalue weighted by Gasteiger charge is 2.24. The summed E-state index contributed by atoms with van der Waals surface area (Å²) in [4.78, 5) is 31.0. The number of furan rings is 1. The summed E-state index contributed by atoms with van der Waals surface area (Å²) in [5, 5.41) is 0.725. The van der Waals surface area contributed by atoms with Gasteiger partial charge in [0.2, 0.25) is 0 Å². The van der Waals surface area contributed by atoms with Gasteiger partial charge in [0.25, 0.3) is 5.91 Å². The van der Waals surface area contributed by atoms with Crippen LogP contribution < -0.4 is 0 Å². The monoisotopic (exact) mass is 352 g/mol. The van der Waals surface area contributed by atoms with Gasteiger partial charge in [0.1, 0.15) is 12.2 Å². The van der Waals surface area contributed by atoms with Crippen molar-refractivity contribution < 1.29 is 18.7 Å². The number of carbonyl (C=O) groups excluding carboxylic acids is 2. The van der Waals surface area contributed by atoms with E-state index in [1.165, 1.54) is 12.0 Å². The van der Waals surface area contributed by atoms with Crippen molar-refractivity contribution in [3.63, 3.8) is 0 Å². The molecule has 1 aromatic carbocycles. The van der Waals surface area contributed by atoms with Crippen LogP contribution in [-0.2, 0) is 9.53 Å². The van der Waals surface area contributed by atoms with Crippen molar-refractivity contribution in [2.45, 2.75) is 19.9 Å². The molecule has 3 aromatic rings. The second kappa shape index (κ2) is 7.39. The van der Waals surface area contributed by atoms with Crippen LogP contribution in [0.2, 0.25) is 0 Å². The van der Waals surface area contributed by atoms with Crippen molar-refractivity contribution in [1.82, 2.24) is 9.88 Å². The molecule has 1 amide bonds. The smallest absolute Gasteiger partial charge is 0.325 e. The molecule has 0 aliphatic carbocycles. The van der Waals surface area contributed by atoms with Gasteiger partial charge in [-0.2, -0.15) is 0 Å². The minimum Gasteiger partial charge on any atom is -0.468 e. The Morgan fingerprint density at radius 1 is 1.19 bits per heavy atom. The molecule has 0 saturated heterocycles. The molecule has 6 heteroatoms. The number of methoxy groups -OCH3 is 1. The van der Waals surface area contributed by atoms with Gasteiger partial charge in [-0.25, -0.2) is 4.98 Å². The lowest BCUT2D eigenvalue weighted by Crippen LogP contribution is -2.41. The normalized spacial score (nSPS) is 10.9. The van der Waals surface area contributed by atoms with Crippen LogP contribution in [0.1, 0.15) is 24.2 Å². The molecule has 0 N–H and O–H groups in total. The number of fused-ring (bicyclic) bond motifs is 1. The number of amides is 1. The largest absolute Gasteiger partial charge is 0.468 e. The predicted molar refractivity (Wildman–Crippen MR) is 97.6 cm³/mol. The molecule has 2 aromatic heterocycles. The molecule has 6 nitrogen and oxygen atoms in total. The maximum absolute atomic E-state index is 13.2. The van der Waals surface area contributed by atoms with E-state index in [1.807, 2.05) is 38.1 Å². The fourth-order valence-electron chi connectivity index (χ4n) is 2.75. The average molecular weight is 352 g/mol. The zero-order valence-electron chi connectivity index (χ0n) is 14.9. The van der Waals surface area contributed by atoms with Crippen molar-refractivity contribution in [2.75, 3.05) is 13.7 Å². The van der Waals surface area contributed by atoms with Crippen molar-refractivity contribution in [3.05, 3.63) is 54.3 Å². The highest BCUT2D eigenvalue weighted by atomic mass is 16.5. The molecule has 0 radical (unpaired) electrons. The lowest BCUT2D eigenvalue weighted by molar-refractivity contribution is -0.141. The predicted octanol–water partition coefficient (Wildman–Crippen LogP) is 3.52. The lowest BCUT2D eigenvalue weighted by Gasteiger charge is -2.26. The summed E-state index contributed by atoms with van der Waals surface area (Å²) in [6, 6.07) is 12.5. The van der Waals surface area contributed by atoms with Crippen LogP contribution >= 0.6 is 0 Å². The van der Waals surface area contributed by atoms with Crippen molar-refractivity contribution in [1.29, 1.82) is 0 Å². The molecule has 0 aliphatic rings. The van der Waals surface area contributed by atoms with Crippen LogP contribution in [0.5, 0.6) is 0 Å². The van der Waals surface area contributed by atoms with E-state index in [-0.39, 0.29) is 18.5 Å². The Hall–Kier alpha value is -3.15. The van der Waals surface area contributed by atoms with E-state index in [4.69, 9.17) is 9.15 Å². The topological polar surface area (TPSA) is 72.6 Å². The summed E-state index contributed by atoms with van der Waals surface area (Å²) in [5.74, 6) is -0.137. The molecule has 0 saturated carbocycles. The van der Waals surface area contributed by atoms with E-state index in [9.17, 15) is 9.59 Å². The van der Waals surface area contributed by atoms with E-state index in [0.717, 1.165) is 5.39 Å². The summed E-state index contributed by atoms with van der Waals surface area (Å²) in [5.41, 5.74) is 1.73. The minimum absolute atomic E-state index is 0.111. The van der Waals surface area contributed by atoms with E-state index in [0.29, 0.717) is 22.5 Å². The quantitative estimate of drug-likeness (QED) is 0.657. The SMILES string of the molecule is COC(=O)CN(C(=O)c1cc(-c2ccco2)nc2ccccc12)C(C)C. The van der Waals surface area contributed by atoms with Gasteiger partial charge in [-0.15, -0.1) is 0 Å². The molecule has 134 valence electrons. The number of esters is 1. The van der Waals surface area contributed by atoms with E-state index < -0.39 is 5.97 Å². The number of hydrogen-bond acceptors (Lipinski definition) is 5. The molecule has 3 rings (SSSR count). The Bertz CT molecular complexity index is 932. The first kappa shape index (κ1) is 17.7. The maximum atomic E-state index is 13.2. The molecule has 26 heavy (non-hydrogen) atoms. The summed E-state index contributed by atoms with van der Waals surface area (Å²) in [6.07, 6.45) is 1.56. The molecule has 0 bridgehead atoms. The van der Waals surface area contributed by atoms with Gasteiger partial charge in [0.15, 0.2) is 5.76 Å². The highest BCUT2D eigenvalue weighted by molar-refractivity contribution is 6.07. The second-order valence-electron chi connectivity index (χ2n) is 6.15. The van der Waals surface area contributed by atoms with Crippen molar-refractivity contribution in [2.24, 2.45) is 0 Å². The molecule has 0 fully saturated rings. The average Bonchev–Trinajstić information content (AvgIpc) is 3.19. The van der Waals surface area contributed by atoms with Crippen LogP contribution in [0, 0.1) is 0 Å². The van der Waals surface area contributed by atoms with E-state index in [2.05, 4.69) is 4.98 Å². The molecule has 2 heterocycles. The third-order valence-corrected chi connectivity index (χ3v) is 4.13. The molecular formula is C20H20N2O4. The number of pyridine rings is 1. The number of nitrogens with zero attached hydrogens (tertiary/aromatic N) is 2. The number of rotatable bonds is 5. The molecular weight excluding hydrogens is 332 g/mol. The fourth-order valence-corrected chi connectivity index (χ4v) is 2.75. The zero-order valence-corrected chi connectivity index (χ0v) is 14.9. The number of benzene rings is 1. The Balaban J connectivity index is 2.12. The molecule has 0 unspecified atom stereocenters. The van der Waals surface area contributed by atoms with Gasteiger partial charge >= 0.3 is 5.97 Å². The van der Waals surface area contributed by atoms with Crippen LogP contribution in [0.4, 0.5) is 0 Å². The van der Waals surface area contributed by atoms with Crippen LogP contribution in [0.3, 0.4) is 0 Å². The zero-order chi connectivity index (χ0) is 18.7. The van der Waals surface area contributed by atoms with Crippen LogP contribution in [0.15, 0.2) is 53.1 Å². The third kappa shape index (κ3) is 3.44. The van der Waals surface area contributed by atoms with Crippen molar-refractivity contribution >= 4 is 22.8 Å². The van der Waals surface area contributed by atoms with Crippen LogP contribution in [0.25, 0.3) is 22.4 Å². The highest BCUT2D eigenvalue weighted by Crippen LogP contribution is 2.26. The standard InChI is InChI=1S/C20H20N2O4/c1-13(2)22(12-19(23)25-3)20(24)15-11-17(18-9-6-10-26-18)21-16-8-5-4-7-14(15)16/h4-11,13H,12H2,1-3H3. The molecule has 0 atom stereocenters. The summed E-state index contributed by atoms with van der Waals surface area (Å²) >= 11 is 0. The first-order valence-electron chi connectivity index (χ1n) is 8.32. The number of carbonyl (C=O) groups is 2. The Morgan fingerprint density at radius 2 is 1.96 bits per heavy atom. The van der Waals surface area contributed by atoms with Gasteiger partial charge in [0.05, 0.1) is 24.5 Å². The number of aromatic nitrogens is 1. The maximum Gasteiger partial charge on any atom is 0.325 e. The molecule has 0 aliphatic heterocycles. The number of hydrogen-bond donors (Lipinski definition) is 0. The Labute approximate surface area is 151 Å². The first-order chi connectivity index (χ1) is 12.5. The second-order valence-corrected chi connectivity index (χ2v) is 6.15. The third-order valence-electron chi connectivity index (χ3n) is 4.13. The number of para-hydroxylation sites is 1. The van der Waals surface area contributed by atoms with Gasteiger partial charge in [-0.3, -0.25) is 9.59 Å². The Morgan fingerprint density at radius 3 is 2.62 bits per heavy atom. The number of ether oxygens (including phenoxy) is 1. The van der Waals surface area contributed by atoms with Crippen molar-refractivity contribution in [3.8, 4) is 11.5 Å². The Kier molecular flexibility index (Phi) is 5.02. The van der Waals surface area contributed by atoms with Gasteiger partial charge in [-0.1, -0.05) is 18.2 Å². The summed E-state index contributed by atoms with van der Waals surface area (Å²) in [7, 11) is 1.31. The van der Waals surface area contributed by atoms with Gasteiger partial charge in [0, 0.05) is 11.4 Å². The van der Waals surface area contributed by atoms with Gasteiger partial charge < -0.3 is 14.1 Å². The minimum atomic E-state index is -0.461. The summed E-state index contributed by atoms with van der Waals surface area (Å²) in [6.45, 7) is 3.61. The van der Waals surface area contributed by atoms with E-state index in [1.54, 1.807) is 24.5 Å². The van der Waals surface area contributed by atoms with E-state index >= 15 is 0 Å². The molecule has 0 spiro atoms. The fraction of sp³-hybridized carbons (Fsp3) is 0.250. The van der Waals surface area contributed by atoms with Crippen LogP contribution in [-0.4, -0.2) is 41.5 Å². The lowest BCUT2D eigenvalue weighted by atomic mass is 10.0. The summed E-state index contributed by atoms with van der Waals surface area (Å²) < 4.78 is 10.2.